The highest BCUT2D eigenvalue weighted by Crippen LogP contribution is 2.21. The molecule has 1 fully saturated rings. The lowest BCUT2D eigenvalue weighted by molar-refractivity contribution is -0.141. The number of carbonyl (C=O) groups excluding carboxylic acids is 1. The van der Waals surface area contributed by atoms with Gasteiger partial charge in [0.05, 0.1) is 6.10 Å². The molecule has 1 amide bonds. The number of pyridine rings is 1. The van der Waals surface area contributed by atoms with Crippen molar-refractivity contribution < 1.29 is 19.8 Å². The van der Waals surface area contributed by atoms with E-state index in [1.54, 1.807) is 0 Å². The van der Waals surface area contributed by atoms with E-state index in [1.165, 1.54) is 18.3 Å². The SMILES string of the molecule is O=C(O)[C@H]1C[C@@H](O)CN1C(=O)c1ccnc(Cl)c1. The van der Waals surface area contributed by atoms with Crippen molar-refractivity contribution in [2.75, 3.05) is 6.54 Å². The van der Waals surface area contributed by atoms with E-state index in [2.05, 4.69) is 4.98 Å². The molecule has 0 bridgehead atoms. The highest BCUT2D eigenvalue weighted by atomic mass is 35.5. The number of rotatable bonds is 2. The predicted octanol–water partition coefficient (Wildman–Crippen LogP) is 0.395. The number of hydrogen-bond donors (Lipinski definition) is 2. The third-order valence-electron chi connectivity index (χ3n) is 2.80. The molecule has 0 unspecified atom stereocenters. The van der Waals surface area contributed by atoms with Crippen LogP contribution >= 0.6 is 11.6 Å². The lowest BCUT2D eigenvalue weighted by Gasteiger charge is -2.21. The Bertz CT molecular complexity index is 494. The first-order valence-electron chi connectivity index (χ1n) is 5.32. The van der Waals surface area contributed by atoms with Crippen LogP contribution in [0, 0.1) is 0 Å². The van der Waals surface area contributed by atoms with Crippen molar-refractivity contribution in [2.45, 2.75) is 18.6 Å². The maximum absolute atomic E-state index is 12.1. The zero-order valence-electron chi connectivity index (χ0n) is 9.28. The Hall–Kier alpha value is -1.66. The van der Waals surface area contributed by atoms with E-state index in [9.17, 15) is 14.7 Å². The molecule has 2 N–H and O–H groups in total. The molecule has 0 radical (unpaired) electrons. The highest BCUT2D eigenvalue weighted by Gasteiger charge is 2.39. The molecule has 0 saturated carbocycles. The van der Waals surface area contributed by atoms with Crippen molar-refractivity contribution >= 4 is 23.5 Å². The van der Waals surface area contributed by atoms with Crippen LogP contribution < -0.4 is 0 Å². The number of amides is 1. The van der Waals surface area contributed by atoms with Gasteiger partial charge in [0, 0.05) is 24.7 Å². The number of carbonyl (C=O) groups is 2. The van der Waals surface area contributed by atoms with E-state index in [0.717, 1.165) is 4.90 Å². The summed E-state index contributed by atoms with van der Waals surface area (Å²) in [6.07, 6.45) is 0.602. The van der Waals surface area contributed by atoms with E-state index < -0.39 is 24.0 Å². The van der Waals surface area contributed by atoms with Crippen LogP contribution in [0.3, 0.4) is 0 Å². The summed E-state index contributed by atoms with van der Waals surface area (Å²) in [5.41, 5.74) is 0.260. The molecule has 2 rings (SSSR count). The van der Waals surface area contributed by atoms with Crippen molar-refractivity contribution in [1.82, 2.24) is 9.88 Å². The summed E-state index contributed by atoms with van der Waals surface area (Å²) in [4.78, 5) is 28.0. The summed E-state index contributed by atoms with van der Waals surface area (Å²) in [6.45, 7) is 0.00966. The third kappa shape index (κ3) is 2.44. The van der Waals surface area contributed by atoms with E-state index in [4.69, 9.17) is 16.7 Å². The number of carboxylic acid groups (broad SMARTS) is 1. The van der Waals surface area contributed by atoms with Gasteiger partial charge in [0.15, 0.2) is 0 Å². The van der Waals surface area contributed by atoms with Crippen molar-refractivity contribution in [2.24, 2.45) is 0 Å². The van der Waals surface area contributed by atoms with Gasteiger partial charge in [-0.2, -0.15) is 0 Å². The van der Waals surface area contributed by atoms with Crippen molar-refractivity contribution in [3.8, 4) is 0 Å². The highest BCUT2D eigenvalue weighted by molar-refractivity contribution is 6.29. The zero-order chi connectivity index (χ0) is 13.3. The molecule has 7 heteroatoms. The summed E-state index contributed by atoms with van der Waals surface area (Å²) >= 11 is 5.68. The number of aromatic nitrogens is 1. The molecular formula is C11H11ClN2O4. The molecule has 1 aromatic heterocycles. The number of β-amino-alcohol motifs (C(OH)–C–C–N with tert-alkyl or cyclic N) is 1. The Balaban J connectivity index is 2.25. The summed E-state index contributed by atoms with van der Waals surface area (Å²) in [6, 6.07) is 1.82. The lowest BCUT2D eigenvalue weighted by Crippen LogP contribution is -2.40. The normalized spacial score (nSPS) is 23.1. The summed E-state index contributed by atoms with van der Waals surface area (Å²) in [7, 11) is 0. The molecule has 6 nitrogen and oxygen atoms in total. The number of aliphatic carboxylic acids is 1. The van der Waals surface area contributed by atoms with Gasteiger partial charge in [-0.25, -0.2) is 9.78 Å². The van der Waals surface area contributed by atoms with Crippen LogP contribution in [0.4, 0.5) is 0 Å². The Morgan fingerprint density at radius 1 is 1.50 bits per heavy atom. The Kier molecular flexibility index (Phi) is 3.49. The van der Waals surface area contributed by atoms with Crippen LogP contribution in [-0.2, 0) is 4.79 Å². The summed E-state index contributed by atoms with van der Waals surface area (Å²) in [5, 5.41) is 18.6. The van der Waals surface area contributed by atoms with Crippen molar-refractivity contribution in [3.63, 3.8) is 0 Å². The maximum Gasteiger partial charge on any atom is 0.326 e. The first-order chi connectivity index (χ1) is 8.49. The van der Waals surface area contributed by atoms with Crippen LogP contribution in [0.25, 0.3) is 0 Å². The number of aliphatic hydroxyl groups excluding tert-OH is 1. The molecule has 2 heterocycles. The second-order valence-corrected chi connectivity index (χ2v) is 4.46. The van der Waals surface area contributed by atoms with Crippen LogP contribution in [0.2, 0.25) is 5.15 Å². The fraction of sp³-hybridized carbons (Fsp3) is 0.364. The van der Waals surface area contributed by atoms with Gasteiger partial charge in [0.25, 0.3) is 5.91 Å². The Morgan fingerprint density at radius 2 is 2.22 bits per heavy atom. The van der Waals surface area contributed by atoms with E-state index >= 15 is 0 Å². The molecule has 1 aromatic rings. The molecule has 0 spiro atoms. The minimum absolute atomic E-state index is 0.00966. The standard InChI is InChI=1S/C11H11ClN2O4/c12-9-3-6(1-2-13-9)10(16)14-5-7(15)4-8(14)11(17)18/h1-3,7-8,15H,4-5H2,(H,17,18)/t7-,8-/m1/s1. The molecule has 18 heavy (non-hydrogen) atoms. The Morgan fingerprint density at radius 3 is 2.83 bits per heavy atom. The maximum atomic E-state index is 12.1. The average Bonchev–Trinajstić information content (AvgIpc) is 2.70. The smallest absolute Gasteiger partial charge is 0.326 e. The number of aliphatic hydroxyl groups is 1. The van der Waals surface area contributed by atoms with Gasteiger partial charge < -0.3 is 15.1 Å². The molecular weight excluding hydrogens is 260 g/mol. The van der Waals surface area contributed by atoms with Crippen molar-refractivity contribution in [1.29, 1.82) is 0 Å². The fourth-order valence-corrected chi connectivity index (χ4v) is 2.15. The van der Waals surface area contributed by atoms with Gasteiger partial charge in [0.2, 0.25) is 0 Å². The topological polar surface area (TPSA) is 90.7 Å². The van der Waals surface area contributed by atoms with Crippen LogP contribution in [0.15, 0.2) is 18.3 Å². The molecule has 0 aliphatic carbocycles. The predicted molar refractivity (Wildman–Crippen MR) is 62.3 cm³/mol. The minimum Gasteiger partial charge on any atom is -0.480 e. The number of likely N-dealkylation sites (tertiary alicyclic amines) is 1. The number of carboxylic acids is 1. The largest absolute Gasteiger partial charge is 0.480 e. The monoisotopic (exact) mass is 270 g/mol. The molecule has 1 aliphatic heterocycles. The zero-order valence-corrected chi connectivity index (χ0v) is 10.0. The first kappa shape index (κ1) is 12.8. The van der Waals surface area contributed by atoms with Gasteiger partial charge in [-0.3, -0.25) is 4.79 Å². The molecule has 0 aromatic carbocycles. The van der Waals surface area contributed by atoms with Gasteiger partial charge in [-0.15, -0.1) is 0 Å². The van der Waals surface area contributed by atoms with Gasteiger partial charge in [0.1, 0.15) is 11.2 Å². The fourth-order valence-electron chi connectivity index (χ4n) is 1.97. The van der Waals surface area contributed by atoms with Crippen LogP contribution in [0.1, 0.15) is 16.8 Å². The van der Waals surface area contributed by atoms with Gasteiger partial charge in [-0.05, 0) is 12.1 Å². The van der Waals surface area contributed by atoms with Gasteiger partial charge >= 0.3 is 5.97 Å². The van der Waals surface area contributed by atoms with E-state index in [1.807, 2.05) is 0 Å². The molecule has 96 valence electrons. The minimum atomic E-state index is -1.12. The van der Waals surface area contributed by atoms with E-state index in [-0.39, 0.29) is 23.7 Å². The average molecular weight is 271 g/mol. The molecule has 2 atom stereocenters. The van der Waals surface area contributed by atoms with Crippen LogP contribution in [-0.4, -0.2) is 50.7 Å². The van der Waals surface area contributed by atoms with E-state index in [0.29, 0.717) is 0 Å². The first-order valence-corrected chi connectivity index (χ1v) is 5.70. The second kappa shape index (κ2) is 4.91. The van der Waals surface area contributed by atoms with Crippen molar-refractivity contribution in [3.05, 3.63) is 29.0 Å². The second-order valence-electron chi connectivity index (χ2n) is 4.07. The molecule has 1 saturated heterocycles. The Labute approximate surface area is 108 Å². The van der Waals surface area contributed by atoms with Crippen LogP contribution in [0.5, 0.6) is 0 Å². The summed E-state index contributed by atoms with van der Waals surface area (Å²) in [5.74, 6) is -1.59. The number of nitrogens with zero attached hydrogens (tertiary/aromatic N) is 2. The number of halogens is 1. The quantitative estimate of drug-likeness (QED) is 0.759. The number of hydrogen-bond acceptors (Lipinski definition) is 4. The third-order valence-corrected chi connectivity index (χ3v) is 3.01. The lowest BCUT2D eigenvalue weighted by atomic mass is 10.2. The summed E-state index contributed by atoms with van der Waals surface area (Å²) < 4.78 is 0. The van der Waals surface area contributed by atoms with Gasteiger partial charge in [-0.1, -0.05) is 11.6 Å². The molecule has 1 aliphatic rings.